The standard InChI is InChI=1S/C21H24N4O4S/c26-21(22-12-10-19-24-23-18-9-5-2-6-13-25(18)19)20-16(11-14-29-20)15-30(27,28)17-7-3-1-4-8-17/h1,3-4,7-8,11,14H,2,5-6,9-10,12-13,15H2,(H,22,26). The summed E-state index contributed by atoms with van der Waals surface area (Å²) < 4.78 is 32.7. The van der Waals surface area contributed by atoms with Crippen LogP contribution in [0.2, 0.25) is 0 Å². The van der Waals surface area contributed by atoms with Gasteiger partial charge in [-0.3, -0.25) is 4.79 Å². The molecule has 30 heavy (non-hydrogen) atoms. The largest absolute Gasteiger partial charge is 0.459 e. The number of hydrogen-bond donors (Lipinski definition) is 1. The van der Waals surface area contributed by atoms with Crippen LogP contribution in [0.15, 0.2) is 52.0 Å². The van der Waals surface area contributed by atoms with Crippen molar-refractivity contribution in [3.05, 3.63) is 65.6 Å². The van der Waals surface area contributed by atoms with E-state index in [4.69, 9.17) is 4.42 Å². The molecule has 0 fully saturated rings. The number of benzene rings is 1. The second-order valence-corrected chi connectivity index (χ2v) is 9.34. The third-order valence-corrected chi connectivity index (χ3v) is 6.90. The molecule has 3 aromatic rings. The van der Waals surface area contributed by atoms with E-state index < -0.39 is 15.7 Å². The summed E-state index contributed by atoms with van der Waals surface area (Å²) in [6.07, 6.45) is 6.25. The van der Waals surface area contributed by atoms with Crippen molar-refractivity contribution < 1.29 is 17.6 Å². The number of rotatable bonds is 7. The first-order valence-corrected chi connectivity index (χ1v) is 11.7. The van der Waals surface area contributed by atoms with Crippen molar-refractivity contribution in [3.63, 3.8) is 0 Å². The summed E-state index contributed by atoms with van der Waals surface area (Å²) >= 11 is 0. The Hall–Kier alpha value is -2.94. The Morgan fingerprint density at radius 1 is 1.10 bits per heavy atom. The molecule has 1 aromatic carbocycles. The van der Waals surface area contributed by atoms with Gasteiger partial charge in [-0.05, 0) is 31.0 Å². The Morgan fingerprint density at radius 3 is 2.77 bits per heavy atom. The molecule has 8 nitrogen and oxygen atoms in total. The molecule has 0 saturated carbocycles. The van der Waals surface area contributed by atoms with Gasteiger partial charge in [-0.25, -0.2) is 8.42 Å². The lowest BCUT2D eigenvalue weighted by atomic mass is 10.2. The summed E-state index contributed by atoms with van der Waals surface area (Å²) in [5.41, 5.74) is 0.340. The van der Waals surface area contributed by atoms with Gasteiger partial charge in [0, 0.05) is 31.5 Å². The summed E-state index contributed by atoms with van der Waals surface area (Å²) in [7, 11) is -3.57. The molecule has 0 aliphatic carbocycles. The van der Waals surface area contributed by atoms with E-state index in [9.17, 15) is 13.2 Å². The average Bonchev–Trinajstić information content (AvgIpc) is 3.28. The molecule has 0 spiro atoms. The number of carbonyl (C=O) groups excluding carboxylic acids is 1. The highest BCUT2D eigenvalue weighted by Gasteiger charge is 2.22. The molecule has 0 radical (unpaired) electrons. The van der Waals surface area contributed by atoms with Crippen LogP contribution < -0.4 is 5.32 Å². The molecular weight excluding hydrogens is 404 g/mol. The van der Waals surface area contributed by atoms with Gasteiger partial charge in [-0.1, -0.05) is 24.6 Å². The Kier molecular flexibility index (Phi) is 5.98. The van der Waals surface area contributed by atoms with Crippen molar-refractivity contribution in [2.24, 2.45) is 0 Å². The van der Waals surface area contributed by atoms with Gasteiger partial charge in [0.25, 0.3) is 5.91 Å². The molecule has 3 heterocycles. The van der Waals surface area contributed by atoms with Crippen LogP contribution in [0.3, 0.4) is 0 Å². The van der Waals surface area contributed by atoms with Crippen LogP contribution in [0.4, 0.5) is 0 Å². The molecule has 1 N–H and O–H groups in total. The van der Waals surface area contributed by atoms with Gasteiger partial charge in [0.15, 0.2) is 15.6 Å². The number of hydrogen-bond acceptors (Lipinski definition) is 6. The van der Waals surface area contributed by atoms with Gasteiger partial charge >= 0.3 is 0 Å². The summed E-state index contributed by atoms with van der Waals surface area (Å²) in [5, 5.41) is 11.3. The van der Waals surface area contributed by atoms with E-state index >= 15 is 0 Å². The highest BCUT2D eigenvalue weighted by atomic mass is 32.2. The summed E-state index contributed by atoms with van der Waals surface area (Å²) in [6, 6.07) is 9.69. The van der Waals surface area contributed by atoms with Crippen LogP contribution in [0, 0.1) is 0 Å². The molecule has 0 bridgehead atoms. The summed E-state index contributed by atoms with van der Waals surface area (Å²) in [5.74, 6) is 1.16. The fourth-order valence-electron chi connectivity index (χ4n) is 3.66. The highest BCUT2D eigenvalue weighted by Crippen LogP contribution is 2.20. The monoisotopic (exact) mass is 428 g/mol. The number of amides is 1. The maximum Gasteiger partial charge on any atom is 0.287 e. The Morgan fingerprint density at radius 2 is 1.93 bits per heavy atom. The van der Waals surface area contributed by atoms with Gasteiger partial charge in [-0.15, -0.1) is 10.2 Å². The predicted octanol–water partition coefficient (Wildman–Crippen LogP) is 2.54. The number of carbonyl (C=O) groups is 1. The summed E-state index contributed by atoms with van der Waals surface area (Å²) in [6.45, 7) is 1.27. The first kappa shape index (κ1) is 20.3. The quantitative estimate of drug-likeness (QED) is 0.620. The lowest BCUT2D eigenvalue weighted by Gasteiger charge is -2.08. The lowest BCUT2D eigenvalue weighted by molar-refractivity contribution is 0.0925. The SMILES string of the molecule is O=C(NCCc1nnc2n1CCCCC2)c1occc1CS(=O)(=O)c1ccccc1. The molecule has 1 aliphatic rings. The smallest absolute Gasteiger partial charge is 0.287 e. The number of furan rings is 1. The molecule has 9 heteroatoms. The first-order chi connectivity index (χ1) is 14.5. The molecule has 2 aromatic heterocycles. The molecular formula is C21H24N4O4S. The number of nitrogens with zero attached hydrogens (tertiary/aromatic N) is 3. The minimum Gasteiger partial charge on any atom is -0.459 e. The molecule has 0 atom stereocenters. The number of fused-ring (bicyclic) bond motifs is 1. The fourth-order valence-corrected chi connectivity index (χ4v) is 5.04. The van der Waals surface area contributed by atoms with Gasteiger partial charge < -0.3 is 14.3 Å². The second-order valence-electron chi connectivity index (χ2n) is 7.35. The number of aryl methyl sites for hydroxylation is 1. The van der Waals surface area contributed by atoms with E-state index in [0.717, 1.165) is 37.5 Å². The third kappa shape index (κ3) is 4.46. The molecule has 0 unspecified atom stereocenters. The lowest BCUT2D eigenvalue weighted by Crippen LogP contribution is -2.27. The normalized spacial score (nSPS) is 14.1. The molecule has 0 saturated heterocycles. The third-order valence-electron chi connectivity index (χ3n) is 5.22. The van der Waals surface area contributed by atoms with Crippen molar-refractivity contribution in [1.29, 1.82) is 0 Å². The average molecular weight is 429 g/mol. The zero-order valence-electron chi connectivity index (χ0n) is 16.6. The second kappa shape index (κ2) is 8.83. The van der Waals surface area contributed by atoms with E-state index in [1.54, 1.807) is 18.2 Å². The highest BCUT2D eigenvalue weighted by molar-refractivity contribution is 7.90. The Balaban J connectivity index is 1.39. The number of aromatic nitrogens is 3. The van der Waals surface area contributed by atoms with Crippen molar-refractivity contribution in [2.45, 2.75) is 49.3 Å². The van der Waals surface area contributed by atoms with E-state index in [1.165, 1.54) is 30.9 Å². The van der Waals surface area contributed by atoms with Gasteiger partial charge in [0.1, 0.15) is 11.6 Å². The van der Waals surface area contributed by atoms with E-state index in [2.05, 4.69) is 20.1 Å². The van der Waals surface area contributed by atoms with Gasteiger partial charge in [-0.2, -0.15) is 0 Å². The molecule has 4 rings (SSSR count). The summed E-state index contributed by atoms with van der Waals surface area (Å²) in [4.78, 5) is 12.8. The van der Waals surface area contributed by atoms with Crippen LogP contribution in [0.5, 0.6) is 0 Å². The minimum absolute atomic E-state index is 0.0228. The molecule has 1 aliphatic heterocycles. The van der Waals surface area contributed by atoms with Crippen LogP contribution in [0.1, 0.15) is 47.0 Å². The zero-order valence-corrected chi connectivity index (χ0v) is 17.4. The van der Waals surface area contributed by atoms with E-state index in [0.29, 0.717) is 18.5 Å². The fraction of sp³-hybridized carbons (Fsp3) is 0.381. The van der Waals surface area contributed by atoms with Crippen molar-refractivity contribution in [2.75, 3.05) is 6.54 Å². The maximum absolute atomic E-state index is 12.6. The zero-order chi connectivity index (χ0) is 21.0. The van der Waals surface area contributed by atoms with Crippen LogP contribution >= 0.6 is 0 Å². The van der Waals surface area contributed by atoms with E-state index in [-0.39, 0.29) is 16.4 Å². The van der Waals surface area contributed by atoms with Crippen LogP contribution in [0.25, 0.3) is 0 Å². The molecule has 158 valence electrons. The predicted molar refractivity (Wildman–Crippen MR) is 110 cm³/mol. The van der Waals surface area contributed by atoms with Crippen LogP contribution in [-0.2, 0) is 35.0 Å². The molecule has 1 amide bonds. The Bertz CT molecular complexity index is 1120. The minimum atomic E-state index is -3.57. The maximum atomic E-state index is 12.6. The van der Waals surface area contributed by atoms with Gasteiger partial charge in [0.2, 0.25) is 0 Å². The van der Waals surface area contributed by atoms with Crippen molar-refractivity contribution in [1.82, 2.24) is 20.1 Å². The van der Waals surface area contributed by atoms with Crippen molar-refractivity contribution in [3.8, 4) is 0 Å². The van der Waals surface area contributed by atoms with E-state index in [1.807, 2.05) is 0 Å². The number of nitrogens with one attached hydrogen (secondary N) is 1. The topological polar surface area (TPSA) is 107 Å². The van der Waals surface area contributed by atoms with Crippen LogP contribution in [-0.4, -0.2) is 35.6 Å². The Labute approximate surface area is 175 Å². The number of sulfone groups is 1. The van der Waals surface area contributed by atoms with Gasteiger partial charge in [0.05, 0.1) is 16.9 Å². The van der Waals surface area contributed by atoms with Crippen molar-refractivity contribution >= 4 is 15.7 Å². The first-order valence-electron chi connectivity index (χ1n) is 10.1.